The number of benzene rings is 2. The fourth-order valence-corrected chi connectivity index (χ4v) is 5.73. The third-order valence-electron chi connectivity index (χ3n) is 7.10. The van der Waals surface area contributed by atoms with Crippen molar-refractivity contribution in [2.75, 3.05) is 19.0 Å². The smallest absolute Gasteiger partial charge is 0.307 e. The minimum Gasteiger partial charge on any atom is -0.494 e. The summed E-state index contributed by atoms with van der Waals surface area (Å²) < 4.78 is 0. The summed E-state index contributed by atoms with van der Waals surface area (Å²) in [4.78, 5) is 16.7. The Bertz CT molecular complexity index is 1230. The van der Waals surface area contributed by atoms with E-state index in [4.69, 9.17) is 0 Å². The van der Waals surface area contributed by atoms with E-state index >= 15 is 0 Å². The molecule has 0 radical (unpaired) electrons. The average molecular weight is 451 g/mol. The number of aromatic amines is 1. The Morgan fingerprint density at radius 3 is 2.19 bits per heavy atom. The van der Waals surface area contributed by atoms with Gasteiger partial charge in [0, 0.05) is 31.8 Å². The molecule has 0 unspecified atom stereocenters. The molecule has 4 nitrogen and oxygen atoms in total. The van der Waals surface area contributed by atoms with E-state index in [0.29, 0.717) is 11.3 Å². The molecule has 0 fully saturated rings. The molecule has 5 heteroatoms. The second kappa shape index (κ2) is 7.80. The van der Waals surface area contributed by atoms with Crippen molar-refractivity contribution in [2.24, 2.45) is 0 Å². The zero-order chi connectivity index (χ0) is 23.4. The van der Waals surface area contributed by atoms with E-state index in [1.807, 2.05) is 0 Å². The van der Waals surface area contributed by atoms with Gasteiger partial charge in [-0.25, -0.2) is 0 Å². The fraction of sp³-hybridized carbons (Fsp3) is 0.444. The van der Waals surface area contributed by atoms with Crippen molar-refractivity contribution in [2.45, 2.75) is 64.7 Å². The van der Waals surface area contributed by atoms with Gasteiger partial charge < -0.3 is 10.0 Å². The highest BCUT2D eigenvalue weighted by molar-refractivity contribution is 7.09. The lowest BCUT2D eigenvalue weighted by molar-refractivity contribution is 0.332. The van der Waals surface area contributed by atoms with Crippen molar-refractivity contribution in [3.05, 3.63) is 67.1 Å². The number of hydrogen-bond donors (Lipinski definition) is 2. The number of aromatic hydroxyl groups is 1. The molecule has 0 saturated heterocycles. The summed E-state index contributed by atoms with van der Waals surface area (Å²) >= 11 is 1.07. The molecular weight excluding hydrogens is 416 g/mol. The predicted molar refractivity (Wildman–Crippen MR) is 136 cm³/mol. The van der Waals surface area contributed by atoms with Crippen LogP contribution in [0.5, 0.6) is 5.88 Å². The summed E-state index contributed by atoms with van der Waals surface area (Å²) in [7, 11) is 4.14. The molecule has 0 bridgehead atoms. The van der Waals surface area contributed by atoms with Crippen LogP contribution in [-0.2, 0) is 17.3 Å². The van der Waals surface area contributed by atoms with Gasteiger partial charge in [-0.05, 0) is 76.6 Å². The van der Waals surface area contributed by atoms with Crippen LogP contribution in [0.25, 0.3) is 11.1 Å². The van der Waals surface area contributed by atoms with E-state index < -0.39 is 0 Å². The number of nitrogens with zero attached hydrogens (tertiary/aromatic N) is 1. The minimum atomic E-state index is -0.224. The normalized spacial score (nSPS) is 16.6. The highest BCUT2D eigenvalue weighted by atomic mass is 32.1. The van der Waals surface area contributed by atoms with E-state index in [-0.39, 0.29) is 21.6 Å². The van der Waals surface area contributed by atoms with Gasteiger partial charge in [0.25, 0.3) is 0 Å². The van der Waals surface area contributed by atoms with Crippen LogP contribution < -0.4 is 9.77 Å². The van der Waals surface area contributed by atoms with Crippen LogP contribution in [0.1, 0.15) is 67.7 Å². The van der Waals surface area contributed by atoms with E-state index in [2.05, 4.69) is 88.9 Å². The predicted octanol–water partition coefficient (Wildman–Crippen LogP) is 6.12. The standard InChI is InChI=1S/C27H34N2O2S/c1-16-12-20-21(27(4,5)11-10-26(20,2)3)15-18(16)19-13-17(8-9-22(19)29(6)7)14-23-24(30)28-25(31)32-23/h8-9,12-13,15,30H,10-11,14H2,1-7H3,(H,28,31). The fourth-order valence-electron chi connectivity index (χ4n) is 4.97. The van der Waals surface area contributed by atoms with Crippen molar-refractivity contribution in [3.8, 4) is 17.0 Å². The number of H-pyrrole nitrogens is 1. The largest absolute Gasteiger partial charge is 0.494 e. The van der Waals surface area contributed by atoms with Crippen molar-refractivity contribution < 1.29 is 5.11 Å². The maximum absolute atomic E-state index is 11.6. The summed E-state index contributed by atoms with van der Waals surface area (Å²) in [6.07, 6.45) is 2.91. The number of fused-ring (bicyclic) bond motifs is 1. The van der Waals surface area contributed by atoms with Gasteiger partial charge >= 0.3 is 4.87 Å². The second-order valence-corrected chi connectivity index (χ2v) is 11.8. The lowest BCUT2D eigenvalue weighted by Crippen LogP contribution is -2.34. The zero-order valence-electron chi connectivity index (χ0n) is 20.2. The van der Waals surface area contributed by atoms with Gasteiger partial charge in [0.15, 0.2) is 0 Å². The SMILES string of the molecule is Cc1cc2c(cc1-c1cc(Cc3sc(=O)[nH]c3O)ccc1N(C)C)C(C)(C)CCC2(C)C. The van der Waals surface area contributed by atoms with Crippen LogP contribution in [0.15, 0.2) is 35.1 Å². The van der Waals surface area contributed by atoms with Crippen LogP contribution in [-0.4, -0.2) is 24.2 Å². The van der Waals surface area contributed by atoms with Crippen LogP contribution in [0, 0.1) is 6.92 Å². The third-order valence-corrected chi connectivity index (χ3v) is 7.97. The molecule has 0 aliphatic heterocycles. The number of aryl methyl sites for hydroxylation is 1. The van der Waals surface area contributed by atoms with Gasteiger partial charge in [-0.3, -0.25) is 9.78 Å². The van der Waals surface area contributed by atoms with Crippen molar-refractivity contribution in [3.63, 3.8) is 0 Å². The maximum Gasteiger partial charge on any atom is 0.307 e. The number of rotatable bonds is 4. The molecule has 0 atom stereocenters. The summed E-state index contributed by atoms with van der Waals surface area (Å²) in [5, 5.41) is 10.1. The van der Waals surface area contributed by atoms with Gasteiger partial charge in [-0.15, -0.1) is 0 Å². The maximum atomic E-state index is 11.6. The Labute approximate surface area is 194 Å². The molecule has 3 aromatic rings. The van der Waals surface area contributed by atoms with E-state index in [1.54, 1.807) is 0 Å². The van der Waals surface area contributed by atoms with Crippen molar-refractivity contribution in [1.29, 1.82) is 0 Å². The molecule has 170 valence electrons. The van der Waals surface area contributed by atoms with Gasteiger partial charge in [0.2, 0.25) is 5.88 Å². The average Bonchev–Trinajstić information content (AvgIpc) is 3.02. The van der Waals surface area contributed by atoms with E-state index in [9.17, 15) is 9.90 Å². The number of anilines is 1. The molecule has 0 spiro atoms. The molecule has 2 N–H and O–H groups in total. The summed E-state index contributed by atoms with van der Waals surface area (Å²) in [6, 6.07) is 11.3. The van der Waals surface area contributed by atoms with Crippen molar-refractivity contribution >= 4 is 17.0 Å². The lowest BCUT2D eigenvalue weighted by Gasteiger charge is -2.42. The number of hydrogen-bond acceptors (Lipinski definition) is 4. The Morgan fingerprint density at radius 2 is 1.62 bits per heavy atom. The summed E-state index contributed by atoms with van der Waals surface area (Å²) in [6.45, 7) is 11.7. The first-order valence-corrected chi connectivity index (χ1v) is 12.1. The molecule has 1 aliphatic carbocycles. The molecule has 2 aromatic carbocycles. The Balaban J connectivity index is 1.88. The molecule has 0 amide bonds. The first-order valence-electron chi connectivity index (χ1n) is 11.3. The van der Waals surface area contributed by atoms with Gasteiger partial charge in [0.1, 0.15) is 0 Å². The summed E-state index contributed by atoms with van der Waals surface area (Å²) in [5.41, 5.74) is 9.22. The highest BCUT2D eigenvalue weighted by Crippen LogP contribution is 2.48. The first-order chi connectivity index (χ1) is 14.9. The van der Waals surface area contributed by atoms with Crippen LogP contribution in [0.4, 0.5) is 5.69 Å². The first kappa shape index (κ1) is 22.7. The van der Waals surface area contributed by atoms with E-state index in [1.165, 1.54) is 40.7 Å². The van der Waals surface area contributed by atoms with Crippen LogP contribution in [0.3, 0.4) is 0 Å². The third kappa shape index (κ3) is 3.99. The molecule has 1 heterocycles. The Kier molecular flexibility index (Phi) is 5.52. The van der Waals surface area contributed by atoms with Crippen LogP contribution >= 0.6 is 11.3 Å². The molecular formula is C27H34N2O2S. The summed E-state index contributed by atoms with van der Waals surface area (Å²) in [5.74, 6) is -0.0211. The molecule has 4 rings (SSSR count). The zero-order valence-corrected chi connectivity index (χ0v) is 21.0. The van der Waals surface area contributed by atoms with Crippen LogP contribution in [0.2, 0.25) is 0 Å². The lowest BCUT2D eigenvalue weighted by atomic mass is 9.62. The highest BCUT2D eigenvalue weighted by Gasteiger charge is 2.37. The molecule has 1 aromatic heterocycles. The molecule has 1 aliphatic rings. The minimum absolute atomic E-state index is 0.0211. The molecule has 32 heavy (non-hydrogen) atoms. The Morgan fingerprint density at radius 1 is 1.00 bits per heavy atom. The Hall–Kier alpha value is -2.53. The topological polar surface area (TPSA) is 56.3 Å². The molecule has 0 saturated carbocycles. The second-order valence-electron chi connectivity index (χ2n) is 10.7. The monoisotopic (exact) mass is 450 g/mol. The van der Waals surface area contributed by atoms with Crippen molar-refractivity contribution in [1.82, 2.24) is 4.98 Å². The van der Waals surface area contributed by atoms with Gasteiger partial charge in [0.05, 0.1) is 4.88 Å². The van der Waals surface area contributed by atoms with Gasteiger partial charge in [-0.1, -0.05) is 51.2 Å². The number of nitrogens with one attached hydrogen (secondary N) is 1. The number of thiazole rings is 1. The van der Waals surface area contributed by atoms with Gasteiger partial charge in [-0.2, -0.15) is 0 Å². The van der Waals surface area contributed by atoms with E-state index in [0.717, 1.165) is 22.6 Å². The number of aromatic nitrogens is 1. The quantitative estimate of drug-likeness (QED) is 0.503.